The van der Waals surface area contributed by atoms with Crippen molar-refractivity contribution in [2.24, 2.45) is 0 Å². The quantitative estimate of drug-likeness (QED) is 0.816. The first-order valence-electron chi connectivity index (χ1n) is 7.02. The van der Waals surface area contributed by atoms with E-state index in [2.05, 4.69) is 4.90 Å². The number of rotatable bonds is 2. The number of fused-ring (bicyclic) bond motifs is 2. The van der Waals surface area contributed by atoms with Gasteiger partial charge in [-0.25, -0.2) is 4.79 Å². The van der Waals surface area contributed by atoms with Gasteiger partial charge in [0.15, 0.2) is 0 Å². The molecule has 3 rings (SSSR count). The zero-order valence-electron chi connectivity index (χ0n) is 11.1. The van der Waals surface area contributed by atoms with E-state index < -0.39 is 0 Å². The maximum absolute atomic E-state index is 12.2. The van der Waals surface area contributed by atoms with Crippen molar-refractivity contribution in [3.8, 4) is 0 Å². The number of nitrogens with zero attached hydrogens (tertiary/aromatic N) is 2. The van der Waals surface area contributed by atoms with E-state index in [1.54, 1.807) is 0 Å². The van der Waals surface area contributed by atoms with Crippen molar-refractivity contribution < 1.29 is 9.53 Å². The number of piperidine rings is 1. The predicted molar refractivity (Wildman–Crippen MR) is 72.8 cm³/mol. The van der Waals surface area contributed by atoms with Crippen LogP contribution in [0.3, 0.4) is 0 Å². The van der Waals surface area contributed by atoms with Gasteiger partial charge in [0.05, 0.1) is 0 Å². The summed E-state index contributed by atoms with van der Waals surface area (Å²) >= 11 is 0. The highest BCUT2D eigenvalue weighted by Crippen LogP contribution is 2.21. The van der Waals surface area contributed by atoms with Crippen LogP contribution in [0.2, 0.25) is 0 Å². The molecule has 2 fully saturated rings. The summed E-state index contributed by atoms with van der Waals surface area (Å²) in [4.78, 5) is 16.5. The molecule has 2 unspecified atom stereocenters. The lowest BCUT2D eigenvalue weighted by atomic mass is 10.0. The molecule has 0 aromatic heterocycles. The van der Waals surface area contributed by atoms with Gasteiger partial charge in [0.2, 0.25) is 0 Å². The zero-order chi connectivity index (χ0) is 13.1. The molecule has 102 valence electrons. The van der Waals surface area contributed by atoms with E-state index in [0.29, 0.717) is 12.6 Å². The minimum atomic E-state index is -0.157. The summed E-state index contributed by atoms with van der Waals surface area (Å²) < 4.78 is 5.43. The fourth-order valence-electron chi connectivity index (χ4n) is 2.96. The van der Waals surface area contributed by atoms with Gasteiger partial charge in [0.1, 0.15) is 6.61 Å². The Kier molecular flexibility index (Phi) is 3.69. The van der Waals surface area contributed by atoms with Gasteiger partial charge in [0.25, 0.3) is 0 Å². The number of carbonyl (C=O) groups is 1. The SMILES string of the molecule is O=C(OCc1ccccc1)N1CCN2CCCC1C2. The predicted octanol–water partition coefficient (Wildman–Crippen LogP) is 2.10. The molecule has 2 heterocycles. The van der Waals surface area contributed by atoms with Crippen molar-refractivity contribution in [3.63, 3.8) is 0 Å². The van der Waals surface area contributed by atoms with E-state index in [9.17, 15) is 4.79 Å². The first-order chi connectivity index (χ1) is 9.33. The maximum atomic E-state index is 12.2. The Hall–Kier alpha value is -1.55. The van der Waals surface area contributed by atoms with Crippen LogP contribution in [0.15, 0.2) is 30.3 Å². The number of benzene rings is 1. The molecule has 1 aromatic rings. The van der Waals surface area contributed by atoms with Crippen molar-refractivity contribution in [2.75, 3.05) is 26.2 Å². The molecule has 19 heavy (non-hydrogen) atoms. The summed E-state index contributed by atoms with van der Waals surface area (Å²) in [5.74, 6) is 0. The van der Waals surface area contributed by atoms with Crippen LogP contribution in [-0.2, 0) is 11.3 Å². The summed E-state index contributed by atoms with van der Waals surface area (Å²) in [6.45, 7) is 4.35. The molecule has 2 bridgehead atoms. The molecule has 2 atom stereocenters. The molecule has 0 spiro atoms. The van der Waals surface area contributed by atoms with E-state index in [-0.39, 0.29) is 6.09 Å². The normalized spacial score (nSPS) is 26.0. The standard InChI is InChI=1S/C15H20N2O2/c18-15(19-12-13-5-2-1-3-6-13)17-10-9-16-8-4-7-14(17)11-16/h1-3,5-6,14H,4,7-12H2. The molecule has 1 aromatic carbocycles. The Morgan fingerprint density at radius 1 is 1.21 bits per heavy atom. The average Bonchev–Trinajstić information content (AvgIpc) is 2.46. The molecule has 0 saturated carbocycles. The molecule has 2 saturated heterocycles. The minimum absolute atomic E-state index is 0.157. The molecule has 4 heteroatoms. The van der Waals surface area contributed by atoms with Gasteiger partial charge in [-0.3, -0.25) is 4.90 Å². The maximum Gasteiger partial charge on any atom is 0.410 e. The Labute approximate surface area is 113 Å². The topological polar surface area (TPSA) is 32.8 Å². The monoisotopic (exact) mass is 260 g/mol. The Bertz CT molecular complexity index is 435. The van der Waals surface area contributed by atoms with E-state index >= 15 is 0 Å². The number of ether oxygens (including phenoxy) is 1. The molecule has 1 amide bonds. The van der Waals surface area contributed by atoms with Crippen molar-refractivity contribution >= 4 is 6.09 Å². The van der Waals surface area contributed by atoms with Crippen LogP contribution in [0.25, 0.3) is 0 Å². The van der Waals surface area contributed by atoms with Crippen molar-refractivity contribution in [1.82, 2.24) is 9.80 Å². The second-order valence-corrected chi connectivity index (χ2v) is 5.33. The van der Waals surface area contributed by atoms with Crippen LogP contribution in [-0.4, -0.2) is 48.1 Å². The lowest BCUT2D eigenvalue weighted by molar-refractivity contribution is 0.0232. The number of carbonyl (C=O) groups excluding carboxylic acids is 1. The van der Waals surface area contributed by atoms with Crippen LogP contribution in [0.5, 0.6) is 0 Å². The summed E-state index contributed by atoms with van der Waals surface area (Å²) in [6, 6.07) is 10.2. The molecular weight excluding hydrogens is 240 g/mol. The van der Waals surface area contributed by atoms with Gasteiger partial charge in [-0.1, -0.05) is 30.3 Å². The smallest absolute Gasteiger partial charge is 0.410 e. The number of hydrogen-bond acceptors (Lipinski definition) is 3. The molecule has 4 nitrogen and oxygen atoms in total. The Morgan fingerprint density at radius 2 is 2.05 bits per heavy atom. The largest absolute Gasteiger partial charge is 0.445 e. The van der Waals surface area contributed by atoms with Gasteiger partial charge < -0.3 is 9.64 Å². The van der Waals surface area contributed by atoms with Gasteiger partial charge >= 0.3 is 6.09 Å². The molecule has 0 radical (unpaired) electrons. The Morgan fingerprint density at radius 3 is 2.89 bits per heavy atom. The van der Waals surface area contributed by atoms with Crippen LogP contribution in [0.1, 0.15) is 18.4 Å². The summed E-state index contributed by atoms with van der Waals surface area (Å²) in [5.41, 5.74) is 1.04. The van der Waals surface area contributed by atoms with Crippen LogP contribution < -0.4 is 0 Å². The molecule has 2 aliphatic rings. The molecule has 0 aliphatic carbocycles. The van der Waals surface area contributed by atoms with Crippen molar-refractivity contribution in [1.29, 1.82) is 0 Å². The third-order valence-electron chi connectivity index (χ3n) is 4.02. The van der Waals surface area contributed by atoms with Crippen LogP contribution in [0, 0.1) is 0 Å². The average molecular weight is 260 g/mol. The van der Waals surface area contributed by atoms with E-state index in [1.807, 2.05) is 35.2 Å². The van der Waals surface area contributed by atoms with E-state index in [4.69, 9.17) is 4.74 Å². The Balaban J connectivity index is 1.55. The second-order valence-electron chi connectivity index (χ2n) is 5.33. The highest BCUT2D eigenvalue weighted by Gasteiger charge is 2.33. The number of piperazine rings is 1. The fourth-order valence-corrected chi connectivity index (χ4v) is 2.96. The zero-order valence-corrected chi connectivity index (χ0v) is 11.1. The summed E-state index contributed by atoms with van der Waals surface area (Å²) in [6.07, 6.45) is 2.14. The molecular formula is C15H20N2O2. The van der Waals surface area contributed by atoms with Crippen molar-refractivity contribution in [2.45, 2.75) is 25.5 Å². The van der Waals surface area contributed by atoms with Crippen LogP contribution in [0.4, 0.5) is 4.79 Å². The third kappa shape index (κ3) is 2.89. The summed E-state index contributed by atoms with van der Waals surface area (Å²) in [5, 5.41) is 0. The van der Waals surface area contributed by atoms with E-state index in [0.717, 1.165) is 31.6 Å². The third-order valence-corrected chi connectivity index (χ3v) is 4.02. The highest BCUT2D eigenvalue weighted by molar-refractivity contribution is 5.68. The second kappa shape index (κ2) is 5.61. The lowest BCUT2D eigenvalue weighted by Crippen LogP contribution is -2.57. The lowest BCUT2D eigenvalue weighted by Gasteiger charge is -2.44. The molecule has 2 aliphatic heterocycles. The van der Waals surface area contributed by atoms with Crippen molar-refractivity contribution in [3.05, 3.63) is 35.9 Å². The fraction of sp³-hybridized carbons (Fsp3) is 0.533. The minimum Gasteiger partial charge on any atom is -0.445 e. The van der Waals surface area contributed by atoms with Gasteiger partial charge in [-0.05, 0) is 24.9 Å². The van der Waals surface area contributed by atoms with Gasteiger partial charge in [-0.15, -0.1) is 0 Å². The van der Waals surface area contributed by atoms with Gasteiger partial charge in [-0.2, -0.15) is 0 Å². The van der Waals surface area contributed by atoms with Gasteiger partial charge in [0, 0.05) is 25.7 Å². The van der Waals surface area contributed by atoms with Crippen LogP contribution >= 0.6 is 0 Å². The summed E-state index contributed by atoms with van der Waals surface area (Å²) in [7, 11) is 0. The van der Waals surface area contributed by atoms with E-state index in [1.165, 1.54) is 13.0 Å². The number of amides is 1. The molecule has 0 N–H and O–H groups in total. The number of hydrogen-bond donors (Lipinski definition) is 0. The highest BCUT2D eigenvalue weighted by atomic mass is 16.6. The first-order valence-corrected chi connectivity index (χ1v) is 7.02. The first kappa shape index (κ1) is 12.5.